The first-order valence-electron chi connectivity index (χ1n) is 4.93. The van der Waals surface area contributed by atoms with E-state index in [-0.39, 0.29) is 0 Å². The summed E-state index contributed by atoms with van der Waals surface area (Å²) in [5, 5.41) is 10.0. The van der Waals surface area contributed by atoms with Gasteiger partial charge in [0.15, 0.2) is 0 Å². The summed E-state index contributed by atoms with van der Waals surface area (Å²) >= 11 is 0. The van der Waals surface area contributed by atoms with Crippen molar-refractivity contribution in [1.29, 1.82) is 0 Å². The van der Waals surface area contributed by atoms with E-state index in [1.807, 2.05) is 49.4 Å². The van der Waals surface area contributed by atoms with Crippen LogP contribution in [0.3, 0.4) is 0 Å². The van der Waals surface area contributed by atoms with Crippen molar-refractivity contribution >= 4 is 0 Å². The Hall–Kier alpha value is -1.67. The first-order valence-corrected chi connectivity index (χ1v) is 4.93. The zero-order valence-electron chi connectivity index (χ0n) is 8.59. The van der Waals surface area contributed by atoms with Crippen LogP contribution in [0, 0.1) is 6.92 Å². The number of benzene rings is 1. The lowest BCUT2D eigenvalue weighted by Gasteiger charge is -2.10. The molecule has 15 heavy (non-hydrogen) atoms. The molecule has 1 aromatic carbocycles. The number of aromatic nitrogens is 1. The number of hydrogen-bond acceptors (Lipinski definition) is 2. The third kappa shape index (κ3) is 2.22. The molecule has 0 bridgehead atoms. The predicted molar refractivity (Wildman–Crippen MR) is 59.5 cm³/mol. The summed E-state index contributed by atoms with van der Waals surface area (Å²) < 4.78 is 0. The lowest BCUT2D eigenvalue weighted by molar-refractivity contribution is 0.215. The maximum atomic E-state index is 10.0. The van der Waals surface area contributed by atoms with Crippen molar-refractivity contribution in [1.82, 2.24) is 4.98 Å². The SMILES string of the molecule is Cc1ccc([C@@H](O)c2ccccn2)cc1. The fourth-order valence-electron chi connectivity index (χ4n) is 1.46. The zero-order valence-corrected chi connectivity index (χ0v) is 8.59. The smallest absolute Gasteiger partial charge is 0.121 e. The van der Waals surface area contributed by atoms with Crippen LogP contribution < -0.4 is 0 Å². The molecule has 2 nitrogen and oxygen atoms in total. The first-order chi connectivity index (χ1) is 7.27. The summed E-state index contributed by atoms with van der Waals surface area (Å²) in [5.74, 6) is 0. The van der Waals surface area contributed by atoms with Crippen LogP contribution in [-0.4, -0.2) is 10.1 Å². The third-order valence-corrected chi connectivity index (χ3v) is 2.36. The quantitative estimate of drug-likeness (QED) is 0.806. The van der Waals surface area contributed by atoms with E-state index in [2.05, 4.69) is 4.98 Å². The van der Waals surface area contributed by atoms with Crippen LogP contribution in [0.4, 0.5) is 0 Å². The second-order valence-corrected chi connectivity index (χ2v) is 3.57. The van der Waals surface area contributed by atoms with Crippen molar-refractivity contribution in [3.05, 3.63) is 65.5 Å². The molecule has 0 unspecified atom stereocenters. The molecule has 0 amide bonds. The minimum Gasteiger partial charge on any atom is -0.382 e. The van der Waals surface area contributed by atoms with Crippen LogP contribution in [0.2, 0.25) is 0 Å². The molecular formula is C13H13NO. The fourth-order valence-corrected chi connectivity index (χ4v) is 1.46. The van der Waals surface area contributed by atoms with E-state index in [0.29, 0.717) is 5.69 Å². The number of rotatable bonds is 2. The van der Waals surface area contributed by atoms with Gasteiger partial charge in [-0.15, -0.1) is 0 Å². The Labute approximate surface area is 89.2 Å². The molecule has 2 aromatic rings. The zero-order chi connectivity index (χ0) is 10.7. The molecule has 0 aliphatic rings. The maximum absolute atomic E-state index is 10.0. The van der Waals surface area contributed by atoms with Crippen molar-refractivity contribution in [2.24, 2.45) is 0 Å². The summed E-state index contributed by atoms with van der Waals surface area (Å²) in [6.45, 7) is 2.02. The molecule has 0 aliphatic carbocycles. The van der Waals surface area contributed by atoms with Crippen LogP contribution in [0.15, 0.2) is 48.7 Å². The highest BCUT2D eigenvalue weighted by molar-refractivity contribution is 5.28. The molecule has 0 aliphatic heterocycles. The molecular weight excluding hydrogens is 186 g/mol. The molecule has 0 radical (unpaired) electrons. The van der Waals surface area contributed by atoms with Gasteiger partial charge < -0.3 is 5.11 Å². The van der Waals surface area contributed by atoms with Gasteiger partial charge in [0.25, 0.3) is 0 Å². The van der Waals surface area contributed by atoms with E-state index in [1.54, 1.807) is 6.20 Å². The Morgan fingerprint density at radius 2 is 1.80 bits per heavy atom. The average Bonchev–Trinajstić information content (AvgIpc) is 2.30. The Morgan fingerprint density at radius 1 is 1.07 bits per heavy atom. The summed E-state index contributed by atoms with van der Waals surface area (Å²) in [7, 11) is 0. The molecule has 76 valence electrons. The van der Waals surface area contributed by atoms with Gasteiger partial charge in [0.05, 0.1) is 5.69 Å². The van der Waals surface area contributed by atoms with Crippen LogP contribution in [0.25, 0.3) is 0 Å². The van der Waals surface area contributed by atoms with Gasteiger partial charge in [0.1, 0.15) is 6.10 Å². The van der Waals surface area contributed by atoms with Gasteiger partial charge in [-0.1, -0.05) is 35.9 Å². The Bertz CT molecular complexity index is 422. The minimum atomic E-state index is -0.633. The molecule has 1 heterocycles. The molecule has 0 saturated heterocycles. The molecule has 0 fully saturated rings. The third-order valence-electron chi connectivity index (χ3n) is 2.36. The van der Waals surface area contributed by atoms with Gasteiger partial charge in [-0.2, -0.15) is 0 Å². The molecule has 2 rings (SSSR count). The number of aliphatic hydroxyl groups excluding tert-OH is 1. The van der Waals surface area contributed by atoms with E-state index in [4.69, 9.17) is 0 Å². The molecule has 2 heteroatoms. The average molecular weight is 199 g/mol. The van der Waals surface area contributed by atoms with Crippen LogP contribution in [0.5, 0.6) is 0 Å². The van der Waals surface area contributed by atoms with E-state index in [9.17, 15) is 5.11 Å². The number of hydrogen-bond donors (Lipinski definition) is 1. The molecule has 0 spiro atoms. The predicted octanol–water partition coefficient (Wildman–Crippen LogP) is 2.47. The molecule has 0 saturated carbocycles. The van der Waals surface area contributed by atoms with E-state index in [0.717, 1.165) is 5.56 Å². The van der Waals surface area contributed by atoms with Crippen molar-refractivity contribution in [3.63, 3.8) is 0 Å². The van der Waals surface area contributed by atoms with E-state index in [1.165, 1.54) is 5.56 Å². The number of pyridine rings is 1. The Balaban J connectivity index is 2.29. The number of nitrogens with zero attached hydrogens (tertiary/aromatic N) is 1. The van der Waals surface area contributed by atoms with Crippen LogP contribution >= 0.6 is 0 Å². The van der Waals surface area contributed by atoms with Gasteiger partial charge in [-0.05, 0) is 24.6 Å². The Morgan fingerprint density at radius 3 is 2.40 bits per heavy atom. The van der Waals surface area contributed by atoms with Gasteiger partial charge >= 0.3 is 0 Å². The number of aryl methyl sites for hydroxylation is 1. The van der Waals surface area contributed by atoms with E-state index < -0.39 is 6.10 Å². The van der Waals surface area contributed by atoms with E-state index >= 15 is 0 Å². The topological polar surface area (TPSA) is 33.1 Å². The van der Waals surface area contributed by atoms with Crippen molar-refractivity contribution in [3.8, 4) is 0 Å². The normalized spacial score (nSPS) is 12.4. The maximum Gasteiger partial charge on any atom is 0.121 e. The number of aliphatic hydroxyl groups is 1. The van der Waals surface area contributed by atoms with Gasteiger partial charge in [-0.3, -0.25) is 4.98 Å². The highest BCUT2D eigenvalue weighted by Gasteiger charge is 2.10. The molecule has 1 N–H and O–H groups in total. The largest absolute Gasteiger partial charge is 0.382 e. The molecule has 1 aromatic heterocycles. The van der Waals surface area contributed by atoms with Gasteiger partial charge in [-0.25, -0.2) is 0 Å². The highest BCUT2D eigenvalue weighted by Crippen LogP contribution is 2.19. The van der Waals surface area contributed by atoms with Crippen LogP contribution in [-0.2, 0) is 0 Å². The minimum absolute atomic E-state index is 0.633. The van der Waals surface area contributed by atoms with Crippen LogP contribution in [0.1, 0.15) is 22.9 Å². The monoisotopic (exact) mass is 199 g/mol. The van der Waals surface area contributed by atoms with Gasteiger partial charge in [0.2, 0.25) is 0 Å². The fraction of sp³-hybridized carbons (Fsp3) is 0.154. The standard InChI is InChI=1S/C13H13NO/c1-10-5-7-11(8-6-10)13(15)12-4-2-3-9-14-12/h2-9,13,15H,1H3/t13-/m1/s1. The van der Waals surface area contributed by atoms with Crippen molar-refractivity contribution in [2.45, 2.75) is 13.0 Å². The van der Waals surface area contributed by atoms with Crippen molar-refractivity contribution < 1.29 is 5.11 Å². The lowest BCUT2D eigenvalue weighted by atomic mass is 10.0. The summed E-state index contributed by atoms with van der Waals surface area (Å²) in [6.07, 6.45) is 1.05. The van der Waals surface area contributed by atoms with Crippen molar-refractivity contribution in [2.75, 3.05) is 0 Å². The lowest BCUT2D eigenvalue weighted by Crippen LogP contribution is -2.01. The Kier molecular flexibility index (Phi) is 2.79. The summed E-state index contributed by atoms with van der Waals surface area (Å²) in [5.41, 5.74) is 2.74. The second kappa shape index (κ2) is 4.24. The second-order valence-electron chi connectivity index (χ2n) is 3.57. The van der Waals surface area contributed by atoms with Gasteiger partial charge in [0, 0.05) is 6.20 Å². The summed E-state index contributed by atoms with van der Waals surface area (Å²) in [6, 6.07) is 13.4. The summed E-state index contributed by atoms with van der Waals surface area (Å²) in [4.78, 5) is 4.13. The molecule has 1 atom stereocenters. The highest BCUT2D eigenvalue weighted by atomic mass is 16.3. The first kappa shape index (κ1) is 9.87.